The van der Waals surface area contributed by atoms with Crippen LogP contribution in [0.3, 0.4) is 0 Å². The zero-order valence-electron chi connectivity index (χ0n) is 8.89. The van der Waals surface area contributed by atoms with Gasteiger partial charge in [-0.2, -0.15) is 11.8 Å². The van der Waals surface area contributed by atoms with E-state index >= 15 is 0 Å². The van der Waals surface area contributed by atoms with Crippen LogP contribution in [0.4, 0.5) is 0 Å². The van der Waals surface area contributed by atoms with Gasteiger partial charge in [-0.15, -0.1) is 0 Å². The molecule has 15 heavy (non-hydrogen) atoms. The zero-order valence-corrected chi connectivity index (χ0v) is 11.2. The van der Waals surface area contributed by atoms with Gasteiger partial charge in [0.25, 0.3) is 0 Å². The maximum Gasteiger partial charge on any atom is 0.0465 e. The molecule has 0 heterocycles. The summed E-state index contributed by atoms with van der Waals surface area (Å²) >= 11 is 13.7. The Hall–Kier alpha value is 0.110. The van der Waals surface area contributed by atoms with Crippen LogP contribution in [0, 0.1) is 0 Å². The van der Waals surface area contributed by atoms with E-state index in [0.29, 0.717) is 11.1 Å². The molecule has 0 saturated heterocycles. The van der Waals surface area contributed by atoms with E-state index in [1.165, 1.54) is 0 Å². The third-order valence-electron chi connectivity index (χ3n) is 2.07. The molecule has 1 rings (SSSR count). The van der Waals surface area contributed by atoms with E-state index < -0.39 is 0 Å². The number of thioether (sulfide) groups is 1. The number of benzene rings is 1. The highest BCUT2D eigenvalue weighted by atomic mass is 35.5. The van der Waals surface area contributed by atoms with E-state index in [1.54, 1.807) is 6.07 Å². The van der Waals surface area contributed by atoms with Crippen LogP contribution in [-0.2, 0) is 6.54 Å². The van der Waals surface area contributed by atoms with Crippen molar-refractivity contribution in [1.82, 2.24) is 5.32 Å². The molecule has 0 amide bonds. The van der Waals surface area contributed by atoms with Crippen molar-refractivity contribution < 1.29 is 0 Å². The lowest BCUT2D eigenvalue weighted by Gasteiger charge is -2.13. The molecule has 1 aromatic carbocycles. The van der Waals surface area contributed by atoms with E-state index in [2.05, 4.69) is 18.5 Å². The molecule has 1 atom stereocenters. The lowest BCUT2D eigenvalue weighted by Crippen LogP contribution is -2.27. The highest BCUT2D eigenvalue weighted by Crippen LogP contribution is 2.20. The van der Waals surface area contributed by atoms with E-state index in [-0.39, 0.29) is 0 Å². The topological polar surface area (TPSA) is 12.0 Å². The molecule has 0 saturated carbocycles. The van der Waals surface area contributed by atoms with Gasteiger partial charge < -0.3 is 5.32 Å². The predicted octanol–water partition coefficient (Wildman–Crippen LogP) is 3.83. The monoisotopic (exact) mass is 263 g/mol. The first-order valence-corrected chi connectivity index (χ1v) is 6.94. The molecule has 0 fully saturated rings. The Bertz CT molecular complexity index is 317. The molecule has 0 aromatic heterocycles. The summed E-state index contributed by atoms with van der Waals surface area (Å²) < 4.78 is 0. The summed E-state index contributed by atoms with van der Waals surface area (Å²) in [4.78, 5) is 0. The summed E-state index contributed by atoms with van der Waals surface area (Å²) in [6.07, 6.45) is 2.10. The number of halogens is 2. The van der Waals surface area contributed by atoms with Crippen LogP contribution in [0.25, 0.3) is 0 Å². The van der Waals surface area contributed by atoms with Crippen molar-refractivity contribution in [3.63, 3.8) is 0 Å². The Morgan fingerprint density at radius 3 is 2.73 bits per heavy atom. The highest BCUT2D eigenvalue weighted by molar-refractivity contribution is 7.98. The minimum absolute atomic E-state index is 0.492. The molecule has 0 aliphatic heterocycles. The van der Waals surface area contributed by atoms with Crippen LogP contribution in [0.5, 0.6) is 0 Å². The highest BCUT2D eigenvalue weighted by Gasteiger charge is 2.03. The van der Waals surface area contributed by atoms with Gasteiger partial charge in [-0.05, 0) is 30.9 Å². The quantitative estimate of drug-likeness (QED) is 0.867. The second-order valence-electron chi connectivity index (χ2n) is 3.47. The van der Waals surface area contributed by atoms with Crippen molar-refractivity contribution in [3.05, 3.63) is 33.8 Å². The van der Waals surface area contributed by atoms with Gasteiger partial charge in [0.15, 0.2) is 0 Å². The van der Waals surface area contributed by atoms with Crippen molar-refractivity contribution in [3.8, 4) is 0 Å². The third kappa shape index (κ3) is 4.64. The van der Waals surface area contributed by atoms with Crippen LogP contribution in [0.2, 0.25) is 10.0 Å². The lowest BCUT2D eigenvalue weighted by molar-refractivity contribution is 0.596. The normalized spacial score (nSPS) is 12.8. The van der Waals surface area contributed by atoms with Gasteiger partial charge in [-0.3, -0.25) is 0 Å². The number of hydrogen-bond donors (Lipinski definition) is 1. The van der Waals surface area contributed by atoms with Gasteiger partial charge in [-0.1, -0.05) is 29.3 Å². The molecule has 0 spiro atoms. The summed E-state index contributed by atoms with van der Waals surface area (Å²) in [6.45, 7) is 2.96. The molecule has 1 nitrogen and oxygen atoms in total. The predicted molar refractivity (Wildman–Crippen MR) is 71.1 cm³/mol. The third-order valence-corrected chi connectivity index (χ3v) is 3.49. The minimum Gasteiger partial charge on any atom is -0.309 e. The average Bonchev–Trinajstić information content (AvgIpc) is 2.17. The first kappa shape index (κ1) is 13.2. The zero-order chi connectivity index (χ0) is 11.3. The molecule has 4 heteroatoms. The van der Waals surface area contributed by atoms with E-state index in [0.717, 1.165) is 22.9 Å². The number of rotatable bonds is 5. The van der Waals surface area contributed by atoms with Gasteiger partial charge in [0.1, 0.15) is 0 Å². The van der Waals surface area contributed by atoms with Gasteiger partial charge in [-0.25, -0.2) is 0 Å². The average molecular weight is 264 g/mol. The Morgan fingerprint density at radius 2 is 2.13 bits per heavy atom. The van der Waals surface area contributed by atoms with E-state index in [1.807, 2.05) is 23.9 Å². The molecule has 1 aromatic rings. The Morgan fingerprint density at radius 1 is 1.40 bits per heavy atom. The molecule has 1 unspecified atom stereocenters. The second kappa shape index (κ2) is 6.64. The SMILES string of the molecule is CSCC(C)NCc1ccc(Cl)cc1Cl. The van der Waals surface area contributed by atoms with Gasteiger partial charge in [0, 0.05) is 28.4 Å². The largest absolute Gasteiger partial charge is 0.309 e. The molecule has 0 aliphatic rings. The van der Waals surface area contributed by atoms with Crippen molar-refractivity contribution in [1.29, 1.82) is 0 Å². The van der Waals surface area contributed by atoms with E-state index in [4.69, 9.17) is 23.2 Å². The van der Waals surface area contributed by atoms with Crippen LogP contribution in [-0.4, -0.2) is 18.1 Å². The first-order chi connectivity index (χ1) is 7.13. The Kier molecular flexibility index (Phi) is 5.83. The van der Waals surface area contributed by atoms with Gasteiger partial charge >= 0.3 is 0 Å². The van der Waals surface area contributed by atoms with Crippen molar-refractivity contribution in [2.24, 2.45) is 0 Å². The van der Waals surface area contributed by atoms with Crippen LogP contribution >= 0.6 is 35.0 Å². The fourth-order valence-electron chi connectivity index (χ4n) is 1.26. The van der Waals surface area contributed by atoms with Crippen LogP contribution in [0.15, 0.2) is 18.2 Å². The smallest absolute Gasteiger partial charge is 0.0465 e. The minimum atomic E-state index is 0.492. The fraction of sp³-hybridized carbons (Fsp3) is 0.455. The second-order valence-corrected chi connectivity index (χ2v) is 5.23. The summed E-state index contributed by atoms with van der Waals surface area (Å²) in [7, 11) is 0. The molecular formula is C11H15Cl2NS. The first-order valence-electron chi connectivity index (χ1n) is 4.79. The van der Waals surface area contributed by atoms with Crippen LogP contribution in [0.1, 0.15) is 12.5 Å². The summed E-state index contributed by atoms with van der Waals surface area (Å²) in [5.41, 5.74) is 1.09. The maximum atomic E-state index is 6.06. The van der Waals surface area contributed by atoms with Gasteiger partial charge in [0.05, 0.1) is 0 Å². The molecule has 84 valence electrons. The Balaban J connectivity index is 2.50. The van der Waals surface area contributed by atoms with Crippen molar-refractivity contribution in [2.45, 2.75) is 19.5 Å². The number of hydrogen-bond acceptors (Lipinski definition) is 2. The van der Waals surface area contributed by atoms with Crippen LogP contribution < -0.4 is 5.32 Å². The fourth-order valence-corrected chi connectivity index (χ4v) is 2.35. The molecule has 0 aliphatic carbocycles. The maximum absolute atomic E-state index is 6.06. The Labute approximate surface area is 106 Å². The molecular weight excluding hydrogens is 249 g/mol. The van der Waals surface area contributed by atoms with Crippen molar-refractivity contribution >= 4 is 35.0 Å². The summed E-state index contributed by atoms with van der Waals surface area (Å²) in [5, 5.41) is 4.82. The molecule has 1 N–H and O–H groups in total. The molecule has 0 radical (unpaired) electrons. The summed E-state index contributed by atoms with van der Waals surface area (Å²) in [5.74, 6) is 1.10. The van der Waals surface area contributed by atoms with Gasteiger partial charge in [0.2, 0.25) is 0 Å². The van der Waals surface area contributed by atoms with Crippen molar-refractivity contribution in [2.75, 3.05) is 12.0 Å². The number of nitrogens with one attached hydrogen (secondary N) is 1. The molecule has 0 bridgehead atoms. The standard InChI is InChI=1S/C11H15Cl2NS/c1-8(7-15-2)14-6-9-3-4-10(12)5-11(9)13/h3-5,8,14H,6-7H2,1-2H3. The van der Waals surface area contributed by atoms with E-state index in [9.17, 15) is 0 Å². The summed E-state index contributed by atoms with van der Waals surface area (Å²) in [6, 6.07) is 6.10. The lowest BCUT2D eigenvalue weighted by atomic mass is 10.2.